The van der Waals surface area contributed by atoms with Crippen molar-refractivity contribution in [2.45, 2.75) is 6.42 Å². The van der Waals surface area contributed by atoms with Crippen LogP contribution in [0.1, 0.15) is 15.9 Å². The minimum Gasteiger partial charge on any atom is -0.482 e. The highest BCUT2D eigenvalue weighted by Gasteiger charge is 2.17. The molecule has 0 spiro atoms. The molecule has 0 saturated heterocycles. The molecule has 2 aromatic rings. The number of benzene rings is 2. The second-order valence-corrected chi connectivity index (χ2v) is 5.74. The van der Waals surface area contributed by atoms with Gasteiger partial charge in [0.1, 0.15) is 5.75 Å². The topological polar surface area (TPSA) is 85.9 Å². The van der Waals surface area contributed by atoms with Crippen molar-refractivity contribution in [2.75, 3.05) is 25.3 Å². The molecule has 2 N–H and O–H groups in total. The number of ether oxygens (including phenoxy) is 3. The first-order valence-corrected chi connectivity index (χ1v) is 7.92. The summed E-state index contributed by atoms with van der Waals surface area (Å²) in [6.07, 6.45) is 0.638. The summed E-state index contributed by atoms with van der Waals surface area (Å²) >= 11 is 0. The number of hydrogen-bond acceptors (Lipinski definition) is 5. The van der Waals surface area contributed by atoms with Gasteiger partial charge in [-0.3, -0.25) is 9.59 Å². The van der Waals surface area contributed by atoms with Gasteiger partial charge in [0.15, 0.2) is 18.1 Å². The fraction of sp³-hybridized carbons (Fsp3) is 0.222. The van der Waals surface area contributed by atoms with Crippen LogP contribution >= 0.6 is 0 Å². The first kappa shape index (κ1) is 15.3. The van der Waals surface area contributed by atoms with Gasteiger partial charge in [-0.25, -0.2) is 0 Å². The van der Waals surface area contributed by atoms with Crippen molar-refractivity contribution in [3.05, 3.63) is 47.5 Å². The summed E-state index contributed by atoms with van der Waals surface area (Å²) in [5.74, 6) is 1.55. The van der Waals surface area contributed by atoms with Crippen LogP contribution in [0.15, 0.2) is 36.4 Å². The summed E-state index contributed by atoms with van der Waals surface area (Å²) in [5, 5.41) is 5.65. The van der Waals surface area contributed by atoms with Gasteiger partial charge in [-0.15, -0.1) is 0 Å². The lowest BCUT2D eigenvalue weighted by molar-refractivity contribution is -0.118. The van der Waals surface area contributed by atoms with Crippen molar-refractivity contribution in [2.24, 2.45) is 0 Å². The van der Waals surface area contributed by atoms with E-state index in [1.165, 1.54) is 0 Å². The maximum atomic E-state index is 12.2. The zero-order chi connectivity index (χ0) is 17.2. The number of rotatable bonds is 4. The average Bonchev–Trinajstić information content (AvgIpc) is 3.09. The Kier molecular flexibility index (Phi) is 3.89. The van der Waals surface area contributed by atoms with Gasteiger partial charge in [0, 0.05) is 12.1 Å². The van der Waals surface area contributed by atoms with Gasteiger partial charge in [0.05, 0.1) is 5.69 Å². The molecule has 4 rings (SSSR count). The highest BCUT2D eigenvalue weighted by atomic mass is 16.7. The average molecular weight is 340 g/mol. The molecular formula is C18H16N2O5. The zero-order valence-electron chi connectivity index (χ0n) is 13.3. The SMILES string of the molecule is O=C1COc2ccc(CCNC(=O)c3ccc4c(c3)OCO4)cc2N1. The zero-order valence-corrected chi connectivity index (χ0v) is 13.3. The van der Waals surface area contributed by atoms with Crippen LogP contribution in [0.25, 0.3) is 0 Å². The van der Waals surface area contributed by atoms with Crippen molar-refractivity contribution in [1.29, 1.82) is 0 Å². The Hall–Kier alpha value is -3.22. The van der Waals surface area contributed by atoms with E-state index in [-0.39, 0.29) is 25.2 Å². The molecule has 2 aliphatic rings. The predicted molar refractivity (Wildman–Crippen MR) is 89.2 cm³/mol. The van der Waals surface area contributed by atoms with Crippen LogP contribution in [0.3, 0.4) is 0 Å². The van der Waals surface area contributed by atoms with Gasteiger partial charge in [-0.1, -0.05) is 6.07 Å². The Bertz CT molecular complexity index is 849. The standard InChI is InChI=1S/C18H16N2O5/c21-17-9-23-14-3-1-11(7-13(14)20-17)5-6-19-18(22)12-2-4-15-16(8-12)25-10-24-15/h1-4,7-8H,5-6,9-10H2,(H,19,22)(H,20,21). The van der Waals surface area contributed by atoms with E-state index in [1.54, 1.807) is 18.2 Å². The largest absolute Gasteiger partial charge is 0.482 e. The summed E-state index contributed by atoms with van der Waals surface area (Å²) in [4.78, 5) is 23.6. The molecule has 0 atom stereocenters. The van der Waals surface area contributed by atoms with E-state index in [2.05, 4.69) is 10.6 Å². The number of amides is 2. The maximum Gasteiger partial charge on any atom is 0.262 e. The van der Waals surface area contributed by atoms with Crippen LogP contribution in [0.2, 0.25) is 0 Å². The fourth-order valence-electron chi connectivity index (χ4n) is 2.75. The molecule has 7 nitrogen and oxygen atoms in total. The van der Waals surface area contributed by atoms with E-state index in [4.69, 9.17) is 14.2 Å². The molecule has 2 aliphatic heterocycles. The Morgan fingerprint density at radius 2 is 1.88 bits per heavy atom. The lowest BCUT2D eigenvalue weighted by atomic mass is 10.1. The van der Waals surface area contributed by atoms with E-state index in [0.29, 0.717) is 41.5 Å². The molecule has 0 bridgehead atoms. The number of carbonyl (C=O) groups is 2. The summed E-state index contributed by atoms with van der Waals surface area (Å²) in [5.41, 5.74) is 2.18. The molecule has 25 heavy (non-hydrogen) atoms. The van der Waals surface area contributed by atoms with Crippen molar-refractivity contribution < 1.29 is 23.8 Å². The van der Waals surface area contributed by atoms with Crippen LogP contribution < -0.4 is 24.8 Å². The first-order valence-electron chi connectivity index (χ1n) is 7.92. The highest BCUT2D eigenvalue weighted by Crippen LogP contribution is 2.32. The van der Waals surface area contributed by atoms with Gasteiger partial charge in [0.25, 0.3) is 11.8 Å². The van der Waals surface area contributed by atoms with Crippen LogP contribution in [-0.2, 0) is 11.2 Å². The molecule has 2 aromatic carbocycles. The van der Waals surface area contributed by atoms with Crippen LogP contribution in [0.4, 0.5) is 5.69 Å². The third-order valence-electron chi connectivity index (χ3n) is 4.01. The van der Waals surface area contributed by atoms with Gasteiger partial charge in [-0.05, 0) is 42.3 Å². The first-order chi connectivity index (χ1) is 12.2. The molecule has 0 fully saturated rings. The van der Waals surface area contributed by atoms with Crippen molar-refractivity contribution in [3.63, 3.8) is 0 Å². The summed E-state index contributed by atoms with van der Waals surface area (Å²) < 4.78 is 15.8. The van der Waals surface area contributed by atoms with E-state index in [9.17, 15) is 9.59 Å². The number of anilines is 1. The normalized spacial score (nSPS) is 14.3. The third kappa shape index (κ3) is 3.21. The lowest BCUT2D eigenvalue weighted by Gasteiger charge is -2.18. The smallest absolute Gasteiger partial charge is 0.262 e. The number of fused-ring (bicyclic) bond motifs is 2. The van der Waals surface area contributed by atoms with E-state index in [1.807, 2.05) is 18.2 Å². The molecule has 2 heterocycles. The molecule has 0 aromatic heterocycles. The summed E-state index contributed by atoms with van der Waals surface area (Å²) in [7, 11) is 0. The molecule has 128 valence electrons. The Labute approximate surface area is 143 Å². The molecule has 2 amide bonds. The van der Waals surface area contributed by atoms with Crippen molar-refractivity contribution in [3.8, 4) is 17.2 Å². The third-order valence-corrected chi connectivity index (χ3v) is 4.01. The number of carbonyl (C=O) groups excluding carboxylic acids is 2. The van der Waals surface area contributed by atoms with Crippen LogP contribution in [0.5, 0.6) is 17.2 Å². The Balaban J connectivity index is 1.35. The van der Waals surface area contributed by atoms with Crippen LogP contribution in [0, 0.1) is 0 Å². The van der Waals surface area contributed by atoms with E-state index < -0.39 is 0 Å². The second-order valence-electron chi connectivity index (χ2n) is 5.74. The summed E-state index contributed by atoms with van der Waals surface area (Å²) in [6, 6.07) is 10.7. The van der Waals surface area contributed by atoms with Gasteiger partial charge in [-0.2, -0.15) is 0 Å². The van der Waals surface area contributed by atoms with Crippen molar-refractivity contribution in [1.82, 2.24) is 5.32 Å². The lowest BCUT2D eigenvalue weighted by Crippen LogP contribution is -2.26. The van der Waals surface area contributed by atoms with E-state index in [0.717, 1.165) is 5.56 Å². The minimum atomic E-state index is -0.173. The minimum absolute atomic E-state index is 0.0396. The molecule has 0 radical (unpaired) electrons. The summed E-state index contributed by atoms with van der Waals surface area (Å²) in [6.45, 7) is 0.692. The monoisotopic (exact) mass is 340 g/mol. The van der Waals surface area contributed by atoms with Gasteiger partial charge in [0.2, 0.25) is 6.79 Å². The maximum absolute atomic E-state index is 12.2. The molecule has 0 saturated carbocycles. The van der Waals surface area contributed by atoms with Crippen LogP contribution in [-0.4, -0.2) is 31.8 Å². The highest BCUT2D eigenvalue weighted by molar-refractivity contribution is 5.95. The molecule has 7 heteroatoms. The number of hydrogen-bond donors (Lipinski definition) is 2. The quantitative estimate of drug-likeness (QED) is 0.885. The number of nitrogens with one attached hydrogen (secondary N) is 2. The Morgan fingerprint density at radius 3 is 2.80 bits per heavy atom. The molecular weight excluding hydrogens is 324 g/mol. The predicted octanol–water partition coefficient (Wildman–Crippen LogP) is 1.72. The second kappa shape index (κ2) is 6.35. The Morgan fingerprint density at radius 1 is 1.04 bits per heavy atom. The fourth-order valence-corrected chi connectivity index (χ4v) is 2.75. The van der Waals surface area contributed by atoms with Gasteiger partial charge < -0.3 is 24.8 Å². The molecule has 0 aliphatic carbocycles. The molecule has 0 unspecified atom stereocenters. The van der Waals surface area contributed by atoms with E-state index >= 15 is 0 Å². The van der Waals surface area contributed by atoms with Gasteiger partial charge >= 0.3 is 0 Å². The van der Waals surface area contributed by atoms with Crippen molar-refractivity contribution >= 4 is 17.5 Å².